The second-order valence-electron chi connectivity index (χ2n) is 7.10. The summed E-state index contributed by atoms with van der Waals surface area (Å²) in [7, 11) is 1.92. The van der Waals surface area contributed by atoms with Gasteiger partial charge in [-0.1, -0.05) is 12.1 Å². The van der Waals surface area contributed by atoms with E-state index in [4.69, 9.17) is 0 Å². The summed E-state index contributed by atoms with van der Waals surface area (Å²) < 4.78 is 28.8. The van der Waals surface area contributed by atoms with E-state index in [1.54, 1.807) is 23.5 Å². The Morgan fingerprint density at radius 2 is 1.96 bits per heavy atom. The standard InChI is InChI=1S/C20H21F2N3O2S/c1-25(10-12-6-8-13(9-7-12)27-20(21)22)11-16-23-18(26)17-14-4-2-3-5-15(14)28-19(17)24-16/h6-9,20H,2-5,10-11H2,1H3,(H,23,24,26). The van der Waals surface area contributed by atoms with Gasteiger partial charge in [0.25, 0.3) is 5.56 Å². The van der Waals surface area contributed by atoms with E-state index in [-0.39, 0.29) is 11.3 Å². The number of hydrogen-bond acceptors (Lipinski definition) is 5. The molecule has 8 heteroatoms. The minimum Gasteiger partial charge on any atom is -0.435 e. The quantitative estimate of drug-likeness (QED) is 0.671. The third-order valence-corrected chi connectivity index (χ3v) is 6.08. The smallest absolute Gasteiger partial charge is 0.387 e. The summed E-state index contributed by atoms with van der Waals surface area (Å²) in [6.45, 7) is -1.74. The third kappa shape index (κ3) is 4.07. The zero-order valence-electron chi connectivity index (χ0n) is 15.5. The Bertz CT molecular complexity index is 1030. The summed E-state index contributed by atoms with van der Waals surface area (Å²) in [5, 5.41) is 0.765. The van der Waals surface area contributed by atoms with Crippen LogP contribution in [0.1, 0.15) is 34.7 Å². The first-order valence-corrected chi connectivity index (χ1v) is 10.1. The van der Waals surface area contributed by atoms with Crippen molar-refractivity contribution in [2.24, 2.45) is 0 Å². The van der Waals surface area contributed by atoms with Gasteiger partial charge < -0.3 is 9.72 Å². The highest BCUT2D eigenvalue weighted by Crippen LogP contribution is 2.33. The maximum absolute atomic E-state index is 12.6. The first-order valence-electron chi connectivity index (χ1n) is 9.25. The van der Waals surface area contributed by atoms with Crippen LogP contribution in [0, 0.1) is 0 Å². The highest BCUT2D eigenvalue weighted by molar-refractivity contribution is 7.18. The number of H-pyrrole nitrogens is 1. The highest BCUT2D eigenvalue weighted by atomic mass is 32.1. The van der Waals surface area contributed by atoms with Gasteiger partial charge >= 0.3 is 6.61 Å². The first kappa shape index (κ1) is 19.0. The van der Waals surface area contributed by atoms with Gasteiger partial charge in [0.1, 0.15) is 16.4 Å². The Labute approximate surface area is 165 Å². The maximum Gasteiger partial charge on any atom is 0.387 e. The van der Waals surface area contributed by atoms with Crippen molar-refractivity contribution >= 4 is 21.6 Å². The minimum absolute atomic E-state index is 0.0544. The summed E-state index contributed by atoms with van der Waals surface area (Å²) in [5.74, 6) is 0.774. The van der Waals surface area contributed by atoms with Crippen molar-refractivity contribution in [2.45, 2.75) is 45.4 Å². The maximum atomic E-state index is 12.6. The van der Waals surface area contributed by atoms with Gasteiger partial charge in [-0.05, 0) is 56.0 Å². The van der Waals surface area contributed by atoms with Crippen LogP contribution < -0.4 is 10.3 Å². The molecule has 0 radical (unpaired) electrons. The van der Waals surface area contributed by atoms with Crippen LogP contribution in [0.2, 0.25) is 0 Å². The van der Waals surface area contributed by atoms with E-state index in [0.29, 0.717) is 18.9 Å². The highest BCUT2D eigenvalue weighted by Gasteiger charge is 2.20. The number of aromatic amines is 1. The summed E-state index contributed by atoms with van der Waals surface area (Å²) >= 11 is 1.64. The molecule has 1 aromatic carbocycles. The third-order valence-electron chi connectivity index (χ3n) is 4.89. The van der Waals surface area contributed by atoms with Gasteiger partial charge in [-0.2, -0.15) is 8.78 Å². The summed E-state index contributed by atoms with van der Waals surface area (Å²) in [5.41, 5.74) is 2.09. The van der Waals surface area contributed by atoms with Crippen molar-refractivity contribution in [3.63, 3.8) is 0 Å². The number of nitrogens with one attached hydrogen (secondary N) is 1. The zero-order valence-corrected chi connectivity index (χ0v) is 16.3. The lowest BCUT2D eigenvalue weighted by atomic mass is 9.97. The minimum atomic E-state index is -2.82. The van der Waals surface area contributed by atoms with Crippen molar-refractivity contribution in [1.29, 1.82) is 0 Å². The van der Waals surface area contributed by atoms with E-state index >= 15 is 0 Å². The molecule has 0 amide bonds. The van der Waals surface area contributed by atoms with Crippen LogP contribution in [0.4, 0.5) is 8.78 Å². The number of ether oxygens (including phenoxy) is 1. The number of halogens is 2. The molecule has 0 spiro atoms. The number of thiophene rings is 1. The van der Waals surface area contributed by atoms with Gasteiger partial charge in [-0.25, -0.2) is 4.98 Å². The molecule has 148 valence electrons. The number of aromatic nitrogens is 2. The van der Waals surface area contributed by atoms with Crippen molar-refractivity contribution in [3.8, 4) is 5.75 Å². The molecule has 2 heterocycles. The van der Waals surface area contributed by atoms with E-state index in [1.807, 2.05) is 11.9 Å². The molecule has 0 unspecified atom stereocenters. The average Bonchev–Trinajstić information content (AvgIpc) is 3.01. The van der Waals surface area contributed by atoms with E-state index in [9.17, 15) is 13.6 Å². The number of hydrogen-bond donors (Lipinski definition) is 1. The SMILES string of the molecule is CN(Cc1ccc(OC(F)F)cc1)Cc1nc2sc3c(c2c(=O)[nH]1)CCCC3. The lowest BCUT2D eigenvalue weighted by molar-refractivity contribution is -0.0498. The Hall–Kier alpha value is -2.32. The average molecular weight is 405 g/mol. The van der Waals surface area contributed by atoms with Gasteiger partial charge in [-0.3, -0.25) is 9.69 Å². The fourth-order valence-electron chi connectivity index (χ4n) is 3.68. The van der Waals surface area contributed by atoms with Gasteiger partial charge in [0, 0.05) is 11.4 Å². The van der Waals surface area contributed by atoms with Gasteiger partial charge in [0.05, 0.1) is 11.9 Å². The number of fused-ring (bicyclic) bond motifs is 3. The number of aryl methyl sites for hydroxylation is 2. The lowest BCUT2D eigenvalue weighted by Crippen LogP contribution is -2.21. The molecule has 4 rings (SSSR count). The van der Waals surface area contributed by atoms with Crippen molar-refractivity contribution in [3.05, 3.63) is 56.4 Å². The Kier molecular flexibility index (Phi) is 5.41. The molecule has 0 bridgehead atoms. The second-order valence-corrected chi connectivity index (χ2v) is 8.18. The van der Waals surface area contributed by atoms with Crippen LogP contribution >= 0.6 is 11.3 Å². The van der Waals surface area contributed by atoms with Crippen LogP contribution in [-0.4, -0.2) is 28.5 Å². The molecule has 2 aromatic heterocycles. The van der Waals surface area contributed by atoms with Crippen molar-refractivity contribution in [2.75, 3.05) is 7.05 Å². The van der Waals surface area contributed by atoms with Crippen molar-refractivity contribution in [1.82, 2.24) is 14.9 Å². The fraction of sp³-hybridized carbons (Fsp3) is 0.400. The molecule has 0 atom stereocenters. The molecule has 1 aliphatic rings. The van der Waals surface area contributed by atoms with Crippen LogP contribution in [0.15, 0.2) is 29.1 Å². The molecule has 3 aromatic rings. The molecular weight excluding hydrogens is 384 g/mol. The molecule has 0 saturated carbocycles. The van der Waals surface area contributed by atoms with E-state index in [0.717, 1.165) is 35.0 Å². The van der Waals surface area contributed by atoms with Gasteiger partial charge in [0.15, 0.2) is 0 Å². The zero-order chi connectivity index (χ0) is 19.7. The Morgan fingerprint density at radius 1 is 1.21 bits per heavy atom. The molecular formula is C20H21F2N3O2S. The number of rotatable bonds is 6. The molecule has 28 heavy (non-hydrogen) atoms. The molecule has 0 saturated heterocycles. The van der Waals surface area contributed by atoms with Crippen LogP contribution in [0.25, 0.3) is 10.2 Å². The lowest BCUT2D eigenvalue weighted by Gasteiger charge is -2.16. The molecule has 0 fully saturated rings. The van der Waals surface area contributed by atoms with E-state index < -0.39 is 6.61 Å². The Morgan fingerprint density at radius 3 is 2.71 bits per heavy atom. The summed E-state index contributed by atoms with van der Waals surface area (Å²) in [6.07, 6.45) is 4.30. The second kappa shape index (κ2) is 7.97. The van der Waals surface area contributed by atoms with E-state index in [1.165, 1.54) is 29.0 Å². The van der Waals surface area contributed by atoms with E-state index in [2.05, 4.69) is 14.7 Å². The normalized spacial score (nSPS) is 14.0. The first-order chi connectivity index (χ1) is 13.5. The number of nitrogens with zero attached hydrogens (tertiary/aromatic N) is 2. The van der Waals surface area contributed by atoms with Crippen LogP contribution in [0.5, 0.6) is 5.75 Å². The molecule has 1 aliphatic carbocycles. The summed E-state index contributed by atoms with van der Waals surface area (Å²) in [6, 6.07) is 6.55. The predicted molar refractivity (Wildman–Crippen MR) is 105 cm³/mol. The molecule has 5 nitrogen and oxygen atoms in total. The number of alkyl halides is 2. The largest absolute Gasteiger partial charge is 0.435 e. The van der Waals surface area contributed by atoms with Gasteiger partial charge in [-0.15, -0.1) is 11.3 Å². The molecule has 1 N–H and O–H groups in total. The number of benzene rings is 1. The predicted octanol–water partition coefficient (Wildman–Crippen LogP) is 4.10. The fourth-order valence-corrected chi connectivity index (χ4v) is 4.96. The summed E-state index contributed by atoms with van der Waals surface area (Å²) in [4.78, 5) is 24.4. The Balaban J connectivity index is 1.47. The topological polar surface area (TPSA) is 58.2 Å². The van der Waals surface area contributed by atoms with Gasteiger partial charge in [0.2, 0.25) is 0 Å². The monoisotopic (exact) mass is 405 g/mol. The van der Waals surface area contributed by atoms with Crippen LogP contribution in [0.3, 0.4) is 0 Å². The van der Waals surface area contributed by atoms with Crippen LogP contribution in [-0.2, 0) is 25.9 Å². The molecule has 0 aliphatic heterocycles. The van der Waals surface area contributed by atoms with Crippen molar-refractivity contribution < 1.29 is 13.5 Å².